The molecule has 0 unspecified atom stereocenters. The highest BCUT2D eigenvalue weighted by molar-refractivity contribution is 7.21. The summed E-state index contributed by atoms with van der Waals surface area (Å²) in [6.45, 7) is 0.658. The molecule has 4 heterocycles. The molecule has 5 rings (SSSR count). The molecule has 0 bridgehead atoms. The van der Waals surface area contributed by atoms with Gasteiger partial charge in [-0.2, -0.15) is 5.10 Å². The fraction of sp³-hybridized carbons (Fsp3) is 0.200. The zero-order chi connectivity index (χ0) is 20.0. The van der Waals surface area contributed by atoms with Crippen LogP contribution in [-0.4, -0.2) is 38.2 Å². The molecule has 1 aliphatic heterocycles. The van der Waals surface area contributed by atoms with Crippen molar-refractivity contribution in [2.45, 2.75) is 18.5 Å². The number of benzene rings is 1. The molecule has 3 aromatic heterocycles. The molecule has 0 aliphatic carbocycles. The number of hydrogen-bond donors (Lipinski definition) is 3. The van der Waals surface area contributed by atoms with E-state index in [1.807, 2.05) is 41.2 Å². The molecule has 146 valence electrons. The van der Waals surface area contributed by atoms with Crippen LogP contribution in [0.2, 0.25) is 0 Å². The second-order valence-electron chi connectivity index (χ2n) is 7.11. The summed E-state index contributed by atoms with van der Waals surface area (Å²) in [6.07, 6.45) is 6.14. The third-order valence-corrected chi connectivity index (χ3v) is 6.27. The summed E-state index contributed by atoms with van der Waals surface area (Å²) in [5.41, 5.74) is 15.2. The Morgan fingerprint density at radius 3 is 2.90 bits per heavy atom. The first kappa shape index (κ1) is 17.8. The standard InChI is InChI=1S/C20H19N7OS/c21-18-14(20-26-15-3-1-2-4-17(15)29-20)5-11(7-24-18)12-8-25-27(10-12)13-6-16(19(22)28)23-9-13/h1-5,7-8,10,13,16,23H,6,9H2,(H2,21,24)(H2,22,28)/t13-,16+/m0/s1. The number of primary amides is 1. The van der Waals surface area contributed by atoms with Gasteiger partial charge in [0.15, 0.2) is 0 Å². The molecule has 1 aromatic carbocycles. The van der Waals surface area contributed by atoms with Crippen molar-refractivity contribution in [2.75, 3.05) is 12.3 Å². The summed E-state index contributed by atoms with van der Waals surface area (Å²) < 4.78 is 2.98. The van der Waals surface area contributed by atoms with Gasteiger partial charge >= 0.3 is 0 Å². The van der Waals surface area contributed by atoms with Gasteiger partial charge in [-0.25, -0.2) is 9.97 Å². The van der Waals surface area contributed by atoms with Crippen LogP contribution in [0.15, 0.2) is 48.9 Å². The molecule has 0 spiro atoms. The van der Waals surface area contributed by atoms with Gasteiger partial charge in [0.2, 0.25) is 5.91 Å². The highest BCUT2D eigenvalue weighted by Crippen LogP contribution is 2.35. The molecule has 4 aromatic rings. The van der Waals surface area contributed by atoms with E-state index in [2.05, 4.69) is 15.4 Å². The number of aromatic nitrogens is 4. The third kappa shape index (κ3) is 3.24. The summed E-state index contributed by atoms with van der Waals surface area (Å²) >= 11 is 1.59. The number of nitrogens with zero attached hydrogens (tertiary/aromatic N) is 4. The molecule has 1 saturated heterocycles. The van der Waals surface area contributed by atoms with Crippen LogP contribution < -0.4 is 16.8 Å². The van der Waals surface area contributed by atoms with Gasteiger partial charge < -0.3 is 16.8 Å². The van der Waals surface area contributed by atoms with E-state index in [-0.39, 0.29) is 18.0 Å². The zero-order valence-electron chi connectivity index (χ0n) is 15.4. The van der Waals surface area contributed by atoms with Crippen molar-refractivity contribution >= 4 is 33.3 Å². The number of para-hydroxylation sites is 1. The molecule has 0 saturated carbocycles. The maximum absolute atomic E-state index is 11.4. The number of anilines is 1. The Hall–Kier alpha value is -3.30. The number of nitrogens with two attached hydrogens (primary N) is 2. The number of pyridine rings is 1. The van der Waals surface area contributed by atoms with Crippen LogP contribution >= 0.6 is 11.3 Å². The predicted molar refractivity (Wildman–Crippen MR) is 113 cm³/mol. The SMILES string of the molecule is NC(=O)[C@H]1C[C@H](n2cc(-c3cnc(N)c(-c4nc5ccccc5s4)c3)cn2)CN1. The maximum Gasteiger partial charge on any atom is 0.234 e. The molecule has 5 N–H and O–H groups in total. The summed E-state index contributed by atoms with van der Waals surface area (Å²) in [6, 6.07) is 9.78. The number of thiazole rings is 1. The van der Waals surface area contributed by atoms with Crippen molar-refractivity contribution in [3.05, 3.63) is 48.9 Å². The van der Waals surface area contributed by atoms with E-state index >= 15 is 0 Å². The lowest BCUT2D eigenvalue weighted by molar-refractivity contribution is -0.119. The lowest BCUT2D eigenvalue weighted by Crippen LogP contribution is -2.36. The van der Waals surface area contributed by atoms with E-state index < -0.39 is 0 Å². The Balaban J connectivity index is 1.46. The minimum absolute atomic E-state index is 0.0896. The van der Waals surface area contributed by atoms with Crippen molar-refractivity contribution in [3.8, 4) is 21.7 Å². The van der Waals surface area contributed by atoms with E-state index in [1.165, 1.54) is 0 Å². The van der Waals surface area contributed by atoms with Crippen molar-refractivity contribution in [2.24, 2.45) is 5.73 Å². The quantitative estimate of drug-likeness (QED) is 0.478. The van der Waals surface area contributed by atoms with Gasteiger partial charge in [0.25, 0.3) is 0 Å². The number of nitrogen functional groups attached to an aromatic ring is 1. The number of nitrogens with one attached hydrogen (secondary N) is 1. The summed E-state index contributed by atoms with van der Waals surface area (Å²) in [7, 11) is 0. The van der Waals surface area contributed by atoms with Crippen molar-refractivity contribution < 1.29 is 4.79 Å². The third-order valence-electron chi connectivity index (χ3n) is 5.20. The van der Waals surface area contributed by atoms with Crippen molar-refractivity contribution in [3.63, 3.8) is 0 Å². The molecule has 1 fully saturated rings. The molecule has 2 atom stereocenters. The van der Waals surface area contributed by atoms with E-state index in [9.17, 15) is 4.79 Å². The number of carbonyl (C=O) groups excluding carboxylic acids is 1. The van der Waals surface area contributed by atoms with E-state index in [1.54, 1.807) is 23.7 Å². The van der Waals surface area contributed by atoms with Gasteiger partial charge in [-0.3, -0.25) is 9.48 Å². The maximum atomic E-state index is 11.4. The minimum Gasteiger partial charge on any atom is -0.383 e. The van der Waals surface area contributed by atoms with Crippen LogP contribution in [-0.2, 0) is 4.79 Å². The van der Waals surface area contributed by atoms with Gasteiger partial charge in [-0.15, -0.1) is 11.3 Å². The second-order valence-corrected chi connectivity index (χ2v) is 8.14. The number of rotatable bonds is 4. The second kappa shape index (κ2) is 6.94. The highest BCUT2D eigenvalue weighted by atomic mass is 32.1. The van der Waals surface area contributed by atoms with Crippen LogP contribution in [0, 0.1) is 0 Å². The Bertz CT molecular complexity index is 1180. The molecule has 8 nitrogen and oxygen atoms in total. The average Bonchev–Trinajstić information content (AvgIpc) is 3.46. The first-order chi connectivity index (χ1) is 14.1. The Kier molecular flexibility index (Phi) is 4.26. The Labute approximate surface area is 170 Å². The fourth-order valence-corrected chi connectivity index (χ4v) is 4.60. The van der Waals surface area contributed by atoms with Crippen LogP contribution in [0.5, 0.6) is 0 Å². The average molecular weight is 405 g/mol. The van der Waals surface area contributed by atoms with Crippen LogP contribution in [0.3, 0.4) is 0 Å². The largest absolute Gasteiger partial charge is 0.383 e. The molecule has 1 amide bonds. The number of hydrogen-bond acceptors (Lipinski definition) is 7. The van der Waals surface area contributed by atoms with Gasteiger partial charge in [0.1, 0.15) is 10.8 Å². The molecule has 9 heteroatoms. The number of fused-ring (bicyclic) bond motifs is 1. The summed E-state index contributed by atoms with van der Waals surface area (Å²) in [5.74, 6) is 0.118. The first-order valence-electron chi connectivity index (χ1n) is 9.27. The first-order valence-corrected chi connectivity index (χ1v) is 10.1. The van der Waals surface area contributed by atoms with Gasteiger partial charge in [0, 0.05) is 30.1 Å². The summed E-state index contributed by atoms with van der Waals surface area (Å²) in [5, 5.41) is 8.46. The lowest BCUT2D eigenvalue weighted by Gasteiger charge is -2.09. The van der Waals surface area contributed by atoms with E-state index in [0.29, 0.717) is 18.8 Å². The zero-order valence-corrected chi connectivity index (χ0v) is 16.3. The predicted octanol–water partition coefficient (Wildman–Crippen LogP) is 2.19. The van der Waals surface area contributed by atoms with Crippen molar-refractivity contribution in [1.29, 1.82) is 0 Å². The van der Waals surface area contributed by atoms with E-state index in [4.69, 9.17) is 16.5 Å². The Morgan fingerprint density at radius 2 is 2.10 bits per heavy atom. The number of carbonyl (C=O) groups is 1. The minimum atomic E-state index is -0.330. The summed E-state index contributed by atoms with van der Waals surface area (Å²) in [4.78, 5) is 20.5. The molecular weight excluding hydrogens is 386 g/mol. The van der Waals surface area contributed by atoms with Gasteiger partial charge in [-0.1, -0.05) is 12.1 Å². The smallest absolute Gasteiger partial charge is 0.234 e. The topological polar surface area (TPSA) is 125 Å². The monoisotopic (exact) mass is 405 g/mol. The van der Waals surface area contributed by atoms with Crippen molar-refractivity contribution in [1.82, 2.24) is 25.1 Å². The molecule has 0 radical (unpaired) electrons. The Morgan fingerprint density at radius 1 is 1.24 bits per heavy atom. The molecular formula is C20H19N7OS. The van der Waals surface area contributed by atoms with Crippen LogP contribution in [0.1, 0.15) is 12.5 Å². The van der Waals surface area contributed by atoms with Crippen LogP contribution in [0.25, 0.3) is 31.9 Å². The number of amides is 1. The van der Waals surface area contributed by atoms with Gasteiger partial charge in [-0.05, 0) is 24.6 Å². The molecule has 29 heavy (non-hydrogen) atoms. The fourth-order valence-electron chi connectivity index (χ4n) is 3.61. The normalized spacial score (nSPS) is 19.0. The molecule has 1 aliphatic rings. The van der Waals surface area contributed by atoms with E-state index in [0.717, 1.165) is 31.9 Å². The highest BCUT2D eigenvalue weighted by Gasteiger charge is 2.29. The lowest BCUT2D eigenvalue weighted by atomic mass is 10.1. The van der Waals surface area contributed by atoms with Gasteiger partial charge in [0.05, 0.1) is 34.1 Å². The van der Waals surface area contributed by atoms with Crippen LogP contribution in [0.4, 0.5) is 5.82 Å².